The highest BCUT2D eigenvalue weighted by Crippen LogP contribution is 2.44. The number of methoxy groups -OCH3 is 1. The molecule has 8 rings (SSSR count). The normalized spacial score (nSPS) is 29.5. The zero-order valence-electron chi connectivity index (χ0n) is 23.3. The number of ether oxygens (including phenoxy) is 1. The third-order valence-electron chi connectivity index (χ3n) is 10.2. The Labute approximate surface area is 233 Å². The summed E-state index contributed by atoms with van der Waals surface area (Å²) in [5.41, 5.74) is 10.6. The highest BCUT2D eigenvalue weighted by Gasteiger charge is 2.47. The van der Waals surface area contributed by atoms with Gasteiger partial charge in [0.05, 0.1) is 23.0 Å². The summed E-state index contributed by atoms with van der Waals surface area (Å²) in [4.78, 5) is 30.2. The topological polar surface area (TPSA) is 104 Å². The van der Waals surface area contributed by atoms with Gasteiger partial charge >= 0.3 is 0 Å². The first kappa shape index (κ1) is 24.5. The molecule has 40 heavy (non-hydrogen) atoms. The van der Waals surface area contributed by atoms with Gasteiger partial charge in [-0.3, -0.25) is 4.79 Å². The number of carbonyl (C=O) groups is 1. The van der Waals surface area contributed by atoms with Crippen LogP contribution in [0.25, 0.3) is 33.7 Å². The predicted molar refractivity (Wildman–Crippen MR) is 152 cm³/mol. The van der Waals surface area contributed by atoms with Crippen molar-refractivity contribution in [3.63, 3.8) is 0 Å². The predicted octanol–water partition coefficient (Wildman–Crippen LogP) is 4.44. The molecule has 4 aromatic rings. The van der Waals surface area contributed by atoms with Crippen molar-refractivity contribution in [3.8, 4) is 11.5 Å². The third-order valence-corrected chi connectivity index (χ3v) is 10.2. The Bertz CT molecular complexity index is 1630. The van der Waals surface area contributed by atoms with E-state index in [-0.39, 0.29) is 17.7 Å². The number of nitrogens with zero attached hydrogens (tertiary/aromatic N) is 6. The van der Waals surface area contributed by atoms with Crippen molar-refractivity contribution in [1.82, 2.24) is 29.0 Å². The van der Waals surface area contributed by atoms with Crippen LogP contribution in [0.2, 0.25) is 0 Å². The Balaban J connectivity index is 1.22. The largest absolute Gasteiger partial charge is 0.379 e. The molecule has 1 aliphatic heterocycles. The highest BCUT2D eigenvalue weighted by atomic mass is 16.5. The maximum atomic E-state index is 13.6. The Morgan fingerprint density at radius 3 is 2.60 bits per heavy atom. The Morgan fingerprint density at radius 2 is 1.90 bits per heavy atom. The molecule has 0 unspecified atom stereocenters. The zero-order chi connectivity index (χ0) is 27.2. The molecule has 4 aromatic heterocycles. The van der Waals surface area contributed by atoms with Gasteiger partial charge in [0.2, 0.25) is 0 Å². The highest BCUT2D eigenvalue weighted by molar-refractivity contribution is 5.97. The molecule has 0 bridgehead atoms. The number of nitrogens with two attached hydrogens (primary N) is 1. The Morgan fingerprint density at radius 1 is 1.07 bits per heavy atom. The lowest BCUT2D eigenvalue weighted by Gasteiger charge is -2.44. The van der Waals surface area contributed by atoms with Gasteiger partial charge in [-0.2, -0.15) is 0 Å². The minimum Gasteiger partial charge on any atom is -0.379 e. The van der Waals surface area contributed by atoms with Crippen LogP contribution in [0, 0.1) is 23.7 Å². The van der Waals surface area contributed by atoms with Crippen LogP contribution in [0.1, 0.15) is 55.8 Å². The van der Waals surface area contributed by atoms with Gasteiger partial charge in [-0.05, 0) is 93.4 Å². The molecular weight excluding hydrogens is 502 g/mol. The van der Waals surface area contributed by atoms with Crippen molar-refractivity contribution < 1.29 is 9.53 Å². The van der Waals surface area contributed by atoms with Crippen LogP contribution in [0.4, 0.5) is 0 Å². The molecule has 0 spiro atoms. The third kappa shape index (κ3) is 3.81. The fraction of sp³-hybridized carbons (Fsp3) is 0.548. The molecule has 1 saturated heterocycles. The number of fused-ring (bicyclic) bond motifs is 3. The van der Waals surface area contributed by atoms with Gasteiger partial charge in [-0.15, -0.1) is 0 Å². The van der Waals surface area contributed by atoms with Crippen molar-refractivity contribution in [2.24, 2.45) is 29.4 Å². The standard InChI is InChI=1S/C31H37N7O2/c1-31(40-2)12-19(13-31)16-38-28-24(10-22(14-34-28)30(39)37-17-21-7-8-23(21)26(37)32)35-29(38)25-11-20-4-3-9-33-27(20)36(25)15-18-5-6-18/h3-4,9-11,14,18-19,21,23,26H,5-8,12-13,15-17,32H2,1-2H3/t19?,21-,23-,26+,31?/m1/s1. The smallest absolute Gasteiger partial charge is 0.256 e. The molecule has 0 aromatic carbocycles. The van der Waals surface area contributed by atoms with E-state index < -0.39 is 0 Å². The van der Waals surface area contributed by atoms with Gasteiger partial charge in [0, 0.05) is 44.5 Å². The molecule has 3 saturated carbocycles. The second kappa shape index (κ2) is 8.85. The maximum Gasteiger partial charge on any atom is 0.256 e. The van der Waals surface area contributed by atoms with E-state index in [9.17, 15) is 4.79 Å². The number of likely N-dealkylation sites (tertiary alicyclic amines) is 1. The average molecular weight is 540 g/mol. The molecule has 9 heteroatoms. The van der Waals surface area contributed by atoms with Crippen LogP contribution in [0.3, 0.4) is 0 Å². The van der Waals surface area contributed by atoms with Gasteiger partial charge in [0.15, 0.2) is 11.5 Å². The number of amides is 1. The first-order valence-electron chi connectivity index (χ1n) is 14.8. The number of hydrogen-bond acceptors (Lipinski definition) is 6. The van der Waals surface area contributed by atoms with Crippen molar-refractivity contribution in [2.45, 2.75) is 70.3 Å². The van der Waals surface area contributed by atoms with Crippen molar-refractivity contribution in [3.05, 3.63) is 42.2 Å². The number of hydrogen-bond donors (Lipinski definition) is 1. The molecule has 0 radical (unpaired) electrons. The van der Waals surface area contributed by atoms with Gasteiger partial charge in [0.25, 0.3) is 5.91 Å². The summed E-state index contributed by atoms with van der Waals surface area (Å²) in [5, 5.41) is 1.12. The van der Waals surface area contributed by atoms with Crippen LogP contribution in [-0.4, -0.2) is 60.3 Å². The number of aromatic nitrogens is 5. The number of imidazole rings is 1. The van der Waals surface area contributed by atoms with Crippen LogP contribution in [0.15, 0.2) is 36.7 Å². The van der Waals surface area contributed by atoms with Gasteiger partial charge in [0.1, 0.15) is 11.2 Å². The summed E-state index contributed by atoms with van der Waals surface area (Å²) in [7, 11) is 1.80. The summed E-state index contributed by atoms with van der Waals surface area (Å²) in [6.45, 7) is 4.68. The SMILES string of the molecule is COC1(C)CC(Cn2c(-c3cc4cccnc4n3CC3CC3)nc3cc(C(=O)N4C[C@H]5CC[C@H]5[C@H]4N)cnc32)C1. The van der Waals surface area contributed by atoms with E-state index in [1.54, 1.807) is 13.3 Å². The van der Waals surface area contributed by atoms with Gasteiger partial charge < -0.3 is 24.5 Å². The minimum absolute atomic E-state index is 0.0331. The summed E-state index contributed by atoms with van der Waals surface area (Å²) in [5.74, 6) is 3.01. The average Bonchev–Trinajstić information content (AvgIpc) is 3.51. The van der Waals surface area contributed by atoms with Crippen LogP contribution < -0.4 is 5.73 Å². The van der Waals surface area contributed by atoms with Gasteiger partial charge in [-0.25, -0.2) is 15.0 Å². The fourth-order valence-electron chi connectivity index (χ4n) is 7.49. The lowest BCUT2D eigenvalue weighted by Crippen LogP contribution is -2.44. The van der Waals surface area contributed by atoms with E-state index in [2.05, 4.69) is 28.2 Å². The first-order chi connectivity index (χ1) is 19.4. The van der Waals surface area contributed by atoms with E-state index >= 15 is 0 Å². The second-order valence-electron chi connectivity index (χ2n) is 13.0. The molecule has 4 aliphatic rings. The molecule has 9 nitrogen and oxygen atoms in total. The molecule has 5 heterocycles. The minimum atomic E-state index is -0.200. The van der Waals surface area contributed by atoms with Crippen molar-refractivity contribution in [2.75, 3.05) is 13.7 Å². The number of pyridine rings is 2. The number of rotatable bonds is 7. The molecule has 1 amide bonds. The van der Waals surface area contributed by atoms with E-state index in [4.69, 9.17) is 25.4 Å². The Kier molecular flexibility index (Phi) is 5.42. The summed E-state index contributed by atoms with van der Waals surface area (Å²) >= 11 is 0. The quantitative estimate of drug-likeness (QED) is 0.372. The van der Waals surface area contributed by atoms with Crippen LogP contribution in [0.5, 0.6) is 0 Å². The summed E-state index contributed by atoms with van der Waals surface area (Å²) in [6.07, 6.45) is 10.2. The Hall–Kier alpha value is -3.30. The van der Waals surface area contributed by atoms with Crippen molar-refractivity contribution in [1.29, 1.82) is 0 Å². The van der Waals surface area contributed by atoms with Gasteiger partial charge in [-0.1, -0.05) is 0 Å². The molecule has 2 N–H and O–H groups in total. The van der Waals surface area contributed by atoms with Crippen LogP contribution in [-0.2, 0) is 17.8 Å². The van der Waals surface area contributed by atoms with Crippen molar-refractivity contribution >= 4 is 28.1 Å². The molecule has 3 aliphatic carbocycles. The van der Waals surface area contributed by atoms with E-state index in [0.717, 1.165) is 72.6 Å². The molecule has 3 atom stereocenters. The molecular formula is C31H37N7O2. The maximum absolute atomic E-state index is 13.6. The second-order valence-corrected chi connectivity index (χ2v) is 13.0. The van der Waals surface area contributed by atoms with E-state index in [1.165, 1.54) is 19.3 Å². The van der Waals surface area contributed by atoms with E-state index in [0.29, 0.717) is 29.2 Å². The van der Waals surface area contributed by atoms with E-state index in [1.807, 2.05) is 23.2 Å². The summed E-state index contributed by atoms with van der Waals surface area (Å²) in [6, 6.07) is 8.25. The molecule has 208 valence electrons. The summed E-state index contributed by atoms with van der Waals surface area (Å²) < 4.78 is 10.4. The number of carbonyl (C=O) groups excluding carboxylic acids is 1. The lowest BCUT2D eigenvalue weighted by atomic mass is 9.72. The zero-order valence-corrected chi connectivity index (χ0v) is 23.3. The monoisotopic (exact) mass is 539 g/mol. The fourth-order valence-corrected chi connectivity index (χ4v) is 7.49. The molecule has 4 fully saturated rings. The lowest BCUT2D eigenvalue weighted by molar-refractivity contribution is -0.0937. The first-order valence-corrected chi connectivity index (χ1v) is 14.8. The van der Waals surface area contributed by atoms with Crippen LogP contribution >= 0.6 is 0 Å².